The number of hydrogen-bond acceptors (Lipinski definition) is 6. The first-order chi connectivity index (χ1) is 9.69. The molecular weight excluding hydrogens is 264 g/mol. The highest BCUT2D eigenvalue weighted by atomic mass is 16.7. The van der Waals surface area contributed by atoms with Crippen molar-refractivity contribution in [1.29, 1.82) is 0 Å². The molecule has 6 heteroatoms. The van der Waals surface area contributed by atoms with E-state index in [9.17, 15) is 0 Å². The molecule has 114 valence electrons. The molecule has 0 aliphatic heterocycles. The standard InChI is InChI=1S/C14H22O6/c1-10-8-11(16-3)13(17-4)14(18-5)12(10)20-9-19-7-6-15-2/h8H,6-7,9H2,1-5H3. The van der Waals surface area contributed by atoms with E-state index >= 15 is 0 Å². The molecule has 1 rings (SSSR count). The Labute approximate surface area is 119 Å². The van der Waals surface area contributed by atoms with Gasteiger partial charge in [0.25, 0.3) is 0 Å². The zero-order valence-electron chi connectivity index (χ0n) is 12.6. The topological polar surface area (TPSA) is 55.4 Å². The molecule has 6 nitrogen and oxygen atoms in total. The van der Waals surface area contributed by atoms with E-state index in [1.807, 2.05) is 13.0 Å². The van der Waals surface area contributed by atoms with Gasteiger partial charge in [0.05, 0.1) is 34.5 Å². The van der Waals surface area contributed by atoms with Gasteiger partial charge in [-0.1, -0.05) is 0 Å². The highest BCUT2D eigenvalue weighted by Crippen LogP contribution is 2.46. The lowest BCUT2D eigenvalue weighted by atomic mass is 10.1. The van der Waals surface area contributed by atoms with Crippen molar-refractivity contribution in [2.45, 2.75) is 6.92 Å². The predicted molar refractivity (Wildman–Crippen MR) is 74.2 cm³/mol. The van der Waals surface area contributed by atoms with Gasteiger partial charge >= 0.3 is 0 Å². The Morgan fingerprint density at radius 1 is 0.850 bits per heavy atom. The van der Waals surface area contributed by atoms with E-state index in [2.05, 4.69) is 0 Å². The lowest BCUT2D eigenvalue weighted by Crippen LogP contribution is -2.09. The summed E-state index contributed by atoms with van der Waals surface area (Å²) in [5.41, 5.74) is 0.870. The van der Waals surface area contributed by atoms with Gasteiger partial charge in [0.2, 0.25) is 11.5 Å². The third-order valence-corrected chi connectivity index (χ3v) is 2.69. The number of aryl methyl sites for hydroxylation is 1. The smallest absolute Gasteiger partial charge is 0.207 e. The van der Waals surface area contributed by atoms with Crippen LogP contribution in [0.4, 0.5) is 0 Å². The first kappa shape index (κ1) is 16.4. The molecule has 0 aromatic heterocycles. The van der Waals surface area contributed by atoms with Crippen molar-refractivity contribution in [3.63, 3.8) is 0 Å². The molecule has 0 unspecified atom stereocenters. The molecule has 1 aromatic rings. The zero-order valence-corrected chi connectivity index (χ0v) is 12.6. The third-order valence-electron chi connectivity index (χ3n) is 2.69. The summed E-state index contributed by atoms with van der Waals surface area (Å²) in [5.74, 6) is 2.14. The van der Waals surface area contributed by atoms with Crippen LogP contribution in [-0.2, 0) is 9.47 Å². The molecule has 0 saturated heterocycles. The van der Waals surface area contributed by atoms with Crippen molar-refractivity contribution in [2.24, 2.45) is 0 Å². The second kappa shape index (κ2) is 8.50. The predicted octanol–water partition coefficient (Wildman–Crippen LogP) is 2.02. The van der Waals surface area contributed by atoms with Crippen LogP contribution in [0.25, 0.3) is 0 Å². The lowest BCUT2D eigenvalue weighted by Gasteiger charge is -2.18. The molecular formula is C14H22O6. The van der Waals surface area contributed by atoms with Crippen LogP contribution >= 0.6 is 0 Å². The molecule has 0 aliphatic rings. The van der Waals surface area contributed by atoms with Crippen molar-refractivity contribution in [1.82, 2.24) is 0 Å². The van der Waals surface area contributed by atoms with Gasteiger partial charge in [-0.05, 0) is 18.6 Å². The number of methoxy groups -OCH3 is 4. The summed E-state index contributed by atoms with van der Waals surface area (Å²) in [6, 6.07) is 1.83. The van der Waals surface area contributed by atoms with Crippen LogP contribution < -0.4 is 18.9 Å². The highest BCUT2D eigenvalue weighted by molar-refractivity contribution is 5.62. The highest BCUT2D eigenvalue weighted by Gasteiger charge is 2.20. The normalized spacial score (nSPS) is 10.2. The van der Waals surface area contributed by atoms with Crippen molar-refractivity contribution >= 4 is 0 Å². The van der Waals surface area contributed by atoms with Gasteiger partial charge in [0, 0.05) is 7.11 Å². The SMILES string of the molecule is COCCOCOc1c(C)cc(OC)c(OC)c1OC. The number of ether oxygens (including phenoxy) is 6. The molecule has 0 saturated carbocycles. The van der Waals surface area contributed by atoms with Gasteiger partial charge in [0.1, 0.15) is 0 Å². The molecule has 20 heavy (non-hydrogen) atoms. The van der Waals surface area contributed by atoms with Crippen LogP contribution in [0.3, 0.4) is 0 Å². The summed E-state index contributed by atoms with van der Waals surface area (Å²) in [7, 11) is 6.29. The Bertz CT molecular complexity index is 419. The Morgan fingerprint density at radius 3 is 2.10 bits per heavy atom. The molecule has 0 N–H and O–H groups in total. The first-order valence-electron chi connectivity index (χ1n) is 6.18. The molecule has 1 aromatic carbocycles. The molecule has 0 heterocycles. The summed E-state index contributed by atoms with van der Waals surface area (Å²) in [6.07, 6.45) is 0. The lowest BCUT2D eigenvalue weighted by molar-refractivity contribution is -0.00990. The van der Waals surface area contributed by atoms with E-state index in [0.29, 0.717) is 36.2 Å². The molecule has 0 spiro atoms. The zero-order chi connectivity index (χ0) is 15.0. The van der Waals surface area contributed by atoms with E-state index in [0.717, 1.165) is 5.56 Å². The van der Waals surface area contributed by atoms with Crippen LogP contribution in [0, 0.1) is 6.92 Å². The average molecular weight is 286 g/mol. The maximum Gasteiger partial charge on any atom is 0.207 e. The largest absolute Gasteiger partial charge is 0.493 e. The van der Waals surface area contributed by atoms with Gasteiger partial charge in [-0.15, -0.1) is 0 Å². The molecule has 0 fully saturated rings. The van der Waals surface area contributed by atoms with Gasteiger partial charge in [-0.25, -0.2) is 0 Å². The second-order valence-electron chi connectivity index (χ2n) is 3.95. The molecule has 0 aliphatic carbocycles. The maximum atomic E-state index is 5.61. The number of hydrogen-bond donors (Lipinski definition) is 0. The summed E-state index contributed by atoms with van der Waals surface area (Å²) >= 11 is 0. The minimum atomic E-state index is 0.107. The van der Waals surface area contributed by atoms with Crippen LogP contribution in [0.15, 0.2) is 6.07 Å². The Hall–Kier alpha value is -1.66. The number of benzene rings is 1. The summed E-state index contributed by atoms with van der Waals surface area (Å²) < 4.78 is 31.7. The molecule has 0 radical (unpaired) electrons. The van der Waals surface area contributed by atoms with E-state index in [-0.39, 0.29) is 6.79 Å². The number of rotatable bonds is 9. The van der Waals surface area contributed by atoms with Crippen LogP contribution in [-0.4, -0.2) is 48.4 Å². The fourth-order valence-corrected chi connectivity index (χ4v) is 1.73. The van der Waals surface area contributed by atoms with Gasteiger partial charge in [-0.3, -0.25) is 0 Å². The molecule has 0 amide bonds. The van der Waals surface area contributed by atoms with Crippen LogP contribution in [0.5, 0.6) is 23.0 Å². The quantitative estimate of drug-likeness (QED) is 0.511. The van der Waals surface area contributed by atoms with Crippen LogP contribution in [0.1, 0.15) is 5.56 Å². The van der Waals surface area contributed by atoms with Crippen LogP contribution in [0.2, 0.25) is 0 Å². The van der Waals surface area contributed by atoms with E-state index in [1.54, 1.807) is 28.4 Å². The third kappa shape index (κ3) is 3.91. The maximum absolute atomic E-state index is 5.61. The summed E-state index contributed by atoms with van der Waals surface area (Å²) in [6.45, 7) is 2.99. The van der Waals surface area contributed by atoms with Gasteiger partial charge in [-0.2, -0.15) is 0 Å². The Morgan fingerprint density at radius 2 is 1.55 bits per heavy atom. The van der Waals surface area contributed by atoms with E-state index in [1.165, 1.54) is 0 Å². The van der Waals surface area contributed by atoms with E-state index < -0.39 is 0 Å². The molecule has 0 bridgehead atoms. The minimum Gasteiger partial charge on any atom is -0.493 e. The fraction of sp³-hybridized carbons (Fsp3) is 0.571. The Balaban J connectivity index is 2.88. The minimum absolute atomic E-state index is 0.107. The van der Waals surface area contributed by atoms with Crippen molar-refractivity contribution in [2.75, 3.05) is 48.4 Å². The van der Waals surface area contributed by atoms with Gasteiger partial charge in [0.15, 0.2) is 18.3 Å². The molecule has 0 atom stereocenters. The monoisotopic (exact) mass is 286 g/mol. The second-order valence-corrected chi connectivity index (χ2v) is 3.95. The van der Waals surface area contributed by atoms with E-state index in [4.69, 9.17) is 28.4 Å². The van der Waals surface area contributed by atoms with Gasteiger partial charge < -0.3 is 28.4 Å². The van der Waals surface area contributed by atoms with Crippen molar-refractivity contribution in [3.8, 4) is 23.0 Å². The fourth-order valence-electron chi connectivity index (χ4n) is 1.73. The summed E-state index contributed by atoms with van der Waals surface area (Å²) in [5, 5.41) is 0. The van der Waals surface area contributed by atoms with Crippen molar-refractivity contribution in [3.05, 3.63) is 11.6 Å². The van der Waals surface area contributed by atoms with Crippen molar-refractivity contribution < 1.29 is 28.4 Å². The first-order valence-corrected chi connectivity index (χ1v) is 6.18. The average Bonchev–Trinajstić information content (AvgIpc) is 2.47. The summed E-state index contributed by atoms with van der Waals surface area (Å²) in [4.78, 5) is 0. The Kier molecular flexibility index (Phi) is 6.97.